The lowest BCUT2D eigenvalue weighted by Crippen LogP contribution is -2.37. The number of aromatic nitrogens is 2. The van der Waals surface area contributed by atoms with Crippen LogP contribution >= 0.6 is 11.3 Å². The van der Waals surface area contributed by atoms with E-state index in [0.29, 0.717) is 47.9 Å². The smallest absolute Gasteiger partial charge is 0.229 e. The molecule has 2 aromatic carbocycles. The zero-order valence-electron chi connectivity index (χ0n) is 21.0. The zero-order valence-corrected chi connectivity index (χ0v) is 21.8. The number of rotatable bonds is 11. The van der Waals surface area contributed by atoms with Gasteiger partial charge in [0.25, 0.3) is 0 Å². The molecule has 8 nitrogen and oxygen atoms in total. The molecule has 1 saturated heterocycles. The first-order valence-corrected chi connectivity index (χ1v) is 13.5. The predicted octanol–water partition coefficient (Wildman–Crippen LogP) is 5.49. The average Bonchev–Trinajstić information content (AvgIpc) is 3.45. The number of Topliss-reactive ketones (excluding diaryl/α,β-unsaturated/α-hetero) is 1. The molecule has 9 heteroatoms. The molecule has 0 amide bonds. The number of fused-ring (bicyclic) bond motifs is 1. The van der Waals surface area contributed by atoms with Crippen LogP contribution in [-0.4, -0.2) is 60.1 Å². The molecule has 1 aliphatic rings. The molecular formula is C29H28N4O4S. The third-order valence-corrected chi connectivity index (χ3v) is 7.05. The van der Waals surface area contributed by atoms with Gasteiger partial charge in [0.1, 0.15) is 23.0 Å². The number of ketones is 1. The fraction of sp³-hybridized carbons (Fsp3) is 0.310. The van der Waals surface area contributed by atoms with Gasteiger partial charge in [-0.2, -0.15) is 0 Å². The molecular weight excluding hydrogens is 500 g/mol. The number of carbonyl (C=O) groups excluding carboxylic acids is 1. The van der Waals surface area contributed by atoms with Gasteiger partial charge < -0.3 is 14.2 Å². The topological polar surface area (TPSA) is 78.1 Å². The summed E-state index contributed by atoms with van der Waals surface area (Å²) < 4.78 is 17.5. The van der Waals surface area contributed by atoms with E-state index in [0.717, 1.165) is 55.2 Å². The monoisotopic (exact) mass is 528 g/mol. The van der Waals surface area contributed by atoms with Crippen molar-refractivity contribution in [3.8, 4) is 17.2 Å². The van der Waals surface area contributed by atoms with Gasteiger partial charge >= 0.3 is 0 Å². The second-order valence-corrected chi connectivity index (χ2v) is 9.96. The lowest BCUT2D eigenvalue weighted by atomic mass is 10.1. The summed E-state index contributed by atoms with van der Waals surface area (Å²) in [6.45, 7) is 12.6. The maximum Gasteiger partial charge on any atom is 0.229 e. The van der Waals surface area contributed by atoms with E-state index in [1.807, 2.05) is 35.7 Å². The first-order chi connectivity index (χ1) is 18.7. The summed E-state index contributed by atoms with van der Waals surface area (Å²) in [5, 5.41) is 3.45. The Morgan fingerprint density at radius 1 is 1.05 bits per heavy atom. The number of hydrogen-bond acceptors (Lipinski definition) is 8. The van der Waals surface area contributed by atoms with Crippen LogP contribution < -0.4 is 9.47 Å². The number of carbonyl (C=O) groups is 1. The summed E-state index contributed by atoms with van der Waals surface area (Å²) in [7, 11) is 0. The highest BCUT2D eigenvalue weighted by Crippen LogP contribution is 2.37. The molecule has 1 fully saturated rings. The van der Waals surface area contributed by atoms with Crippen molar-refractivity contribution in [2.45, 2.75) is 19.3 Å². The maximum atomic E-state index is 12.3. The summed E-state index contributed by atoms with van der Waals surface area (Å²) in [4.78, 5) is 27.0. The quantitative estimate of drug-likeness (QED) is 0.188. The summed E-state index contributed by atoms with van der Waals surface area (Å²) in [5.41, 5.74) is 2.04. The Balaban J connectivity index is 1.22. The Morgan fingerprint density at radius 3 is 2.66 bits per heavy atom. The number of morpholine rings is 1. The van der Waals surface area contributed by atoms with Crippen molar-refractivity contribution < 1.29 is 19.0 Å². The number of benzene rings is 2. The van der Waals surface area contributed by atoms with E-state index in [-0.39, 0.29) is 5.78 Å². The van der Waals surface area contributed by atoms with E-state index in [2.05, 4.69) is 19.7 Å². The van der Waals surface area contributed by atoms with Crippen molar-refractivity contribution in [2.24, 2.45) is 0 Å². The van der Waals surface area contributed by atoms with Gasteiger partial charge in [0, 0.05) is 49.2 Å². The van der Waals surface area contributed by atoms with Crippen molar-refractivity contribution in [3.63, 3.8) is 0 Å². The minimum atomic E-state index is 0.125. The number of hydrogen-bond donors (Lipinski definition) is 0. The second kappa shape index (κ2) is 12.6. The molecule has 38 heavy (non-hydrogen) atoms. The summed E-state index contributed by atoms with van der Waals surface area (Å²) in [5.74, 6) is 1.90. The zero-order chi connectivity index (χ0) is 26.2. The third-order valence-electron chi connectivity index (χ3n) is 6.27. The molecule has 0 unspecified atom stereocenters. The van der Waals surface area contributed by atoms with Crippen LogP contribution in [0.1, 0.15) is 17.0 Å². The summed E-state index contributed by atoms with van der Waals surface area (Å²) >= 11 is 1.49. The fourth-order valence-electron chi connectivity index (χ4n) is 4.33. The molecule has 0 atom stereocenters. The fourth-order valence-corrected chi connectivity index (χ4v) is 4.97. The molecule has 1 aliphatic heterocycles. The summed E-state index contributed by atoms with van der Waals surface area (Å²) in [6, 6.07) is 12.8. The van der Waals surface area contributed by atoms with E-state index in [1.54, 1.807) is 24.5 Å². The van der Waals surface area contributed by atoms with Crippen LogP contribution in [0.25, 0.3) is 15.7 Å². The van der Waals surface area contributed by atoms with E-state index >= 15 is 0 Å². The molecule has 4 aromatic rings. The highest BCUT2D eigenvalue weighted by molar-refractivity contribution is 7.09. The van der Waals surface area contributed by atoms with Gasteiger partial charge in [-0.25, -0.2) is 9.83 Å². The van der Waals surface area contributed by atoms with Gasteiger partial charge in [-0.1, -0.05) is 12.1 Å². The van der Waals surface area contributed by atoms with Gasteiger partial charge in [-0.05, 0) is 42.3 Å². The van der Waals surface area contributed by atoms with Crippen molar-refractivity contribution >= 4 is 33.7 Å². The average molecular weight is 529 g/mol. The second-order valence-electron chi connectivity index (χ2n) is 8.98. The molecule has 0 bridgehead atoms. The minimum absolute atomic E-state index is 0.125. The predicted molar refractivity (Wildman–Crippen MR) is 146 cm³/mol. The Hall–Kier alpha value is -3.84. The normalized spacial score (nSPS) is 13.8. The number of thiazole rings is 1. The van der Waals surface area contributed by atoms with E-state index in [1.165, 1.54) is 11.3 Å². The van der Waals surface area contributed by atoms with Gasteiger partial charge in [0.2, 0.25) is 5.69 Å². The van der Waals surface area contributed by atoms with Gasteiger partial charge in [-0.3, -0.25) is 14.7 Å². The van der Waals surface area contributed by atoms with Crippen molar-refractivity contribution in [3.05, 3.63) is 82.2 Å². The van der Waals surface area contributed by atoms with Crippen LogP contribution in [0.5, 0.6) is 17.2 Å². The molecule has 3 heterocycles. The highest BCUT2D eigenvalue weighted by atomic mass is 32.1. The molecule has 0 spiro atoms. The van der Waals surface area contributed by atoms with Crippen molar-refractivity contribution in [1.29, 1.82) is 0 Å². The van der Waals surface area contributed by atoms with Crippen LogP contribution in [-0.2, 0) is 22.4 Å². The molecule has 0 saturated carbocycles. The molecule has 0 radical (unpaired) electrons. The standard InChI is InChI=1S/C29H28N4O4S/c1-30-26-19-24-25(20-28(26)36-13-2-10-33-11-14-35-15-12-33)31-8-7-27(24)37-23-5-3-21(4-6-23)17-22(34)18-29-32-9-16-38-29/h3-9,16,19-20H,2,10-15,17-18H2. The van der Waals surface area contributed by atoms with E-state index in [4.69, 9.17) is 20.8 Å². The molecule has 2 aromatic heterocycles. The number of pyridine rings is 1. The Morgan fingerprint density at radius 2 is 1.89 bits per heavy atom. The highest BCUT2D eigenvalue weighted by Gasteiger charge is 2.14. The molecule has 0 N–H and O–H groups in total. The minimum Gasteiger partial charge on any atom is -0.504 e. The Bertz CT molecular complexity index is 1410. The maximum absolute atomic E-state index is 12.3. The van der Waals surface area contributed by atoms with Crippen LogP contribution in [0.4, 0.5) is 5.69 Å². The summed E-state index contributed by atoms with van der Waals surface area (Å²) in [6.07, 6.45) is 4.97. The third kappa shape index (κ3) is 6.72. The lowest BCUT2D eigenvalue weighted by Gasteiger charge is -2.26. The van der Waals surface area contributed by atoms with Gasteiger partial charge in [-0.15, -0.1) is 11.3 Å². The van der Waals surface area contributed by atoms with Crippen LogP contribution in [0.2, 0.25) is 0 Å². The lowest BCUT2D eigenvalue weighted by molar-refractivity contribution is -0.117. The number of ether oxygens (including phenoxy) is 3. The van der Waals surface area contributed by atoms with Crippen LogP contribution in [0.15, 0.2) is 60.2 Å². The van der Waals surface area contributed by atoms with E-state index < -0.39 is 0 Å². The van der Waals surface area contributed by atoms with Crippen LogP contribution in [0.3, 0.4) is 0 Å². The van der Waals surface area contributed by atoms with Crippen molar-refractivity contribution in [1.82, 2.24) is 14.9 Å². The van der Waals surface area contributed by atoms with E-state index in [9.17, 15) is 4.79 Å². The van der Waals surface area contributed by atoms with Crippen molar-refractivity contribution in [2.75, 3.05) is 39.5 Å². The first-order valence-electron chi connectivity index (χ1n) is 12.6. The van der Waals surface area contributed by atoms with Crippen LogP contribution in [0, 0.1) is 6.57 Å². The van der Waals surface area contributed by atoms with Gasteiger partial charge in [0.15, 0.2) is 0 Å². The Kier molecular flexibility index (Phi) is 8.56. The molecule has 0 aliphatic carbocycles. The molecule has 194 valence electrons. The Labute approximate surface area is 225 Å². The van der Waals surface area contributed by atoms with Gasteiger partial charge in [0.05, 0.1) is 43.3 Å². The largest absolute Gasteiger partial charge is 0.504 e. The number of nitrogens with zero attached hydrogens (tertiary/aromatic N) is 4. The SMILES string of the molecule is [C-]#[N+]c1cc2c(Oc3ccc(CC(=O)Cc4nccs4)cc3)ccnc2cc1OCCCN1CCOCC1. The first kappa shape index (κ1) is 25.8. The molecule has 5 rings (SSSR count).